The van der Waals surface area contributed by atoms with Gasteiger partial charge in [0.2, 0.25) is 0 Å². The number of para-hydroxylation sites is 1. The highest BCUT2D eigenvalue weighted by Gasteiger charge is 2.16. The maximum Gasteiger partial charge on any atom is 0.261 e. The lowest BCUT2D eigenvalue weighted by molar-refractivity contribution is 0.401. The Bertz CT molecular complexity index is 644. The van der Waals surface area contributed by atoms with Gasteiger partial charge in [0.15, 0.2) is 0 Å². The fourth-order valence-electron chi connectivity index (χ4n) is 2.47. The molecule has 0 aliphatic heterocycles. The molecule has 2 rings (SSSR count). The van der Waals surface area contributed by atoms with E-state index in [0.717, 1.165) is 18.4 Å². The Morgan fingerprint density at radius 1 is 1.25 bits per heavy atom. The highest BCUT2D eigenvalue weighted by Crippen LogP contribution is 2.21. The largest absolute Gasteiger partial charge is 0.295 e. The van der Waals surface area contributed by atoms with E-state index in [1.165, 1.54) is 0 Å². The standard InChI is InChI=1S/C16H21ClN2O/c1-4-12(5-2)10-19-15(11(3)17)18-14-9-7-6-8-13(14)16(19)20/h6-9,11-12H,4-5,10H2,1-3H3. The van der Waals surface area contributed by atoms with Gasteiger partial charge in [0.1, 0.15) is 5.82 Å². The highest BCUT2D eigenvalue weighted by molar-refractivity contribution is 6.20. The minimum absolute atomic E-state index is 0.0185. The summed E-state index contributed by atoms with van der Waals surface area (Å²) in [4.78, 5) is 17.3. The van der Waals surface area contributed by atoms with Crippen LogP contribution in [0.25, 0.3) is 10.9 Å². The Morgan fingerprint density at radius 2 is 1.90 bits per heavy atom. The molecule has 1 atom stereocenters. The molecule has 1 aromatic heterocycles. The number of hydrogen-bond acceptors (Lipinski definition) is 2. The van der Waals surface area contributed by atoms with E-state index < -0.39 is 0 Å². The molecule has 108 valence electrons. The molecule has 0 fully saturated rings. The highest BCUT2D eigenvalue weighted by atomic mass is 35.5. The van der Waals surface area contributed by atoms with Gasteiger partial charge < -0.3 is 0 Å². The topological polar surface area (TPSA) is 34.9 Å². The molecule has 0 aliphatic carbocycles. The van der Waals surface area contributed by atoms with Crippen LogP contribution in [0.5, 0.6) is 0 Å². The van der Waals surface area contributed by atoms with E-state index in [1.54, 1.807) is 4.57 Å². The van der Waals surface area contributed by atoms with Gasteiger partial charge in [0.25, 0.3) is 5.56 Å². The second kappa shape index (κ2) is 6.40. The average molecular weight is 293 g/mol. The predicted molar refractivity (Wildman–Crippen MR) is 84.3 cm³/mol. The zero-order chi connectivity index (χ0) is 14.7. The van der Waals surface area contributed by atoms with E-state index >= 15 is 0 Å². The molecule has 0 radical (unpaired) electrons. The van der Waals surface area contributed by atoms with Crippen molar-refractivity contribution in [3.8, 4) is 0 Å². The smallest absolute Gasteiger partial charge is 0.261 e. The van der Waals surface area contributed by atoms with Crippen LogP contribution in [0.15, 0.2) is 29.1 Å². The van der Waals surface area contributed by atoms with Crippen LogP contribution in [-0.2, 0) is 6.54 Å². The molecule has 1 heterocycles. The lowest BCUT2D eigenvalue weighted by atomic mass is 10.0. The number of aromatic nitrogens is 2. The van der Waals surface area contributed by atoms with Crippen molar-refractivity contribution in [3.63, 3.8) is 0 Å². The summed E-state index contributed by atoms with van der Waals surface area (Å²) in [5, 5.41) is 0.390. The maximum absolute atomic E-state index is 12.7. The maximum atomic E-state index is 12.7. The molecule has 3 nitrogen and oxygen atoms in total. The Kier molecular flexibility index (Phi) is 4.81. The van der Waals surface area contributed by atoms with Crippen molar-refractivity contribution in [1.82, 2.24) is 9.55 Å². The summed E-state index contributed by atoms with van der Waals surface area (Å²) in [5.74, 6) is 1.15. The lowest BCUT2D eigenvalue weighted by Crippen LogP contribution is -2.28. The first-order chi connectivity index (χ1) is 9.58. The summed E-state index contributed by atoms with van der Waals surface area (Å²) in [6.07, 6.45) is 2.09. The molecule has 0 N–H and O–H groups in total. The van der Waals surface area contributed by atoms with Crippen LogP contribution in [0.2, 0.25) is 0 Å². The van der Waals surface area contributed by atoms with E-state index in [9.17, 15) is 4.79 Å². The number of halogens is 1. The zero-order valence-electron chi connectivity index (χ0n) is 12.3. The first kappa shape index (κ1) is 15.0. The molecule has 1 unspecified atom stereocenters. The quantitative estimate of drug-likeness (QED) is 0.777. The summed E-state index contributed by atoms with van der Waals surface area (Å²) >= 11 is 6.23. The van der Waals surface area contributed by atoms with Crippen molar-refractivity contribution in [2.75, 3.05) is 0 Å². The van der Waals surface area contributed by atoms with Gasteiger partial charge in [-0.3, -0.25) is 9.36 Å². The molecule has 2 aromatic rings. The number of nitrogens with zero attached hydrogens (tertiary/aromatic N) is 2. The normalized spacial score (nSPS) is 13.1. The Morgan fingerprint density at radius 3 is 2.50 bits per heavy atom. The summed E-state index contributed by atoms with van der Waals surface area (Å²) < 4.78 is 1.76. The lowest BCUT2D eigenvalue weighted by Gasteiger charge is -2.19. The molecular formula is C16H21ClN2O. The SMILES string of the molecule is CCC(CC)Cn1c(C(C)Cl)nc2ccccc2c1=O. The molecule has 0 spiro atoms. The van der Waals surface area contributed by atoms with Crippen LogP contribution in [-0.4, -0.2) is 9.55 Å². The first-order valence-corrected chi connectivity index (χ1v) is 7.65. The summed E-state index contributed by atoms with van der Waals surface area (Å²) in [7, 11) is 0. The number of rotatable bonds is 5. The van der Waals surface area contributed by atoms with Gasteiger partial charge in [-0.2, -0.15) is 0 Å². The third-order valence-corrected chi connectivity index (χ3v) is 4.04. The first-order valence-electron chi connectivity index (χ1n) is 7.22. The number of benzene rings is 1. The monoisotopic (exact) mass is 292 g/mol. The number of fused-ring (bicyclic) bond motifs is 1. The van der Waals surface area contributed by atoms with Crippen molar-refractivity contribution >= 4 is 22.5 Å². The van der Waals surface area contributed by atoms with Crippen LogP contribution in [0.3, 0.4) is 0 Å². The minimum Gasteiger partial charge on any atom is -0.295 e. The van der Waals surface area contributed by atoms with Crippen LogP contribution >= 0.6 is 11.6 Å². The second-order valence-corrected chi connectivity index (χ2v) is 5.86. The number of alkyl halides is 1. The van der Waals surface area contributed by atoms with Crippen LogP contribution in [0, 0.1) is 5.92 Å². The van der Waals surface area contributed by atoms with Crippen molar-refractivity contribution in [3.05, 3.63) is 40.4 Å². The van der Waals surface area contributed by atoms with E-state index in [0.29, 0.717) is 23.7 Å². The van der Waals surface area contributed by atoms with Gasteiger partial charge in [-0.15, -0.1) is 11.6 Å². The van der Waals surface area contributed by atoms with Gasteiger partial charge in [-0.25, -0.2) is 4.98 Å². The molecule has 0 amide bonds. The van der Waals surface area contributed by atoms with Gasteiger partial charge in [0, 0.05) is 6.54 Å². The Balaban J connectivity index is 2.63. The van der Waals surface area contributed by atoms with E-state index in [4.69, 9.17) is 11.6 Å². The molecule has 1 aromatic carbocycles. The Hall–Kier alpha value is -1.35. The molecule has 4 heteroatoms. The predicted octanol–water partition coefficient (Wildman–Crippen LogP) is 4.13. The van der Waals surface area contributed by atoms with E-state index in [2.05, 4.69) is 18.8 Å². The van der Waals surface area contributed by atoms with Crippen molar-refractivity contribution in [2.24, 2.45) is 5.92 Å². The van der Waals surface area contributed by atoms with Gasteiger partial charge in [-0.05, 0) is 25.0 Å². The van der Waals surface area contributed by atoms with Gasteiger partial charge >= 0.3 is 0 Å². The van der Waals surface area contributed by atoms with Crippen molar-refractivity contribution in [1.29, 1.82) is 0 Å². The van der Waals surface area contributed by atoms with E-state index in [-0.39, 0.29) is 10.9 Å². The summed E-state index contributed by atoms with van der Waals surface area (Å²) in [6, 6.07) is 7.46. The van der Waals surface area contributed by atoms with Crippen LogP contribution in [0.1, 0.15) is 44.8 Å². The third-order valence-electron chi connectivity index (χ3n) is 3.84. The number of hydrogen-bond donors (Lipinski definition) is 0. The fraction of sp³-hybridized carbons (Fsp3) is 0.500. The van der Waals surface area contributed by atoms with Gasteiger partial charge in [-0.1, -0.05) is 38.8 Å². The third kappa shape index (κ3) is 2.88. The molecule has 0 saturated carbocycles. The molecular weight excluding hydrogens is 272 g/mol. The van der Waals surface area contributed by atoms with Crippen molar-refractivity contribution in [2.45, 2.75) is 45.5 Å². The van der Waals surface area contributed by atoms with Crippen LogP contribution < -0.4 is 5.56 Å². The molecule has 0 bridgehead atoms. The molecule has 20 heavy (non-hydrogen) atoms. The average Bonchev–Trinajstić information content (AvgIpc) is 2.46. The summed E-state index contributed by atoms with van der Waals surface area (Å²) in [5.41, 5.74) is 0.741. The van der Waals surface area contributed by atoms with Crippen molar-refractivity contribution < 1.29 is 0 Å². The fourth-order valence-corrected chi connectivity index (χ4v) is 2.64. The van der Waals surface area contributed by atoms with Crippen LogP contribution in [0.4, 0.5) is 0 Å². The molecule has 0 aliphatic rings. The zero-order valence-corrected chi connectivity index (χ0v) is 13.0. The molecule has 0 saturated heterocycles. The summed E-state index contributed by atoms with van der Waals surface area (Å²) in [6.45, 7) is 6.85. The van der Waals surface area contributed by atoms with Gasteiger partial charge in [0.05, 0.1) is 16.3 Å². The van der Waals surface area contributed by atoms with E-state index in [1.807, 2.05) is 31.2 Å². The Labute approximate surface area is 124 Å². The second-order valence-electron chi connectivity index (χ2n) is 5.20. The minimum atomic E-state index is -0.276.